The summed E-state index contributed by atoms with van der Waals surface area (Å²) in [6.07, 6.45) is -5.39. The monoisotopic (exact) mass is 478 g/mol. The Morgan fingerprint density at radius 3 is 1.94 bits per heavy atom. The first-order chi connectivity index (χ1) is 15.6. The molecule has 7 N–H and O–H groups in total. The lowest BCUT2D eigenvalue weighted by molar-refractivity contribution is -0.365. The Morgan fingerprint density at radius 2 is 1.33 bits per heavy atom. The molecular formula is C22H38O11. The van der Waals surface area contributed by atoms with Gasteiger partial charge in [-0.2, -0.15) is 0 Å². The minimum absolute atomic E-state index is 0.620. The van der Waals surface area contributed by atoms with Gasteiger partial charge in [-0.25, -0.2) is 0 Å². The fourth-order valence-electron chi connectivity index (χ4n) is 3.72. The van der Waals surface area contributed by atoms with Gasteiger partial charge in [0.05, 0.1) is 18.8 Å². The molecule has 2 fully saturated rings. The molecule has 0 radical (unpaired) electrons. The van der Waals surface area contributed by atoms with Gasteiger partial charge in [-0.1, -0.05) is 24.3 Å². The lowest BCUT2D eigenvalue weighted by Gasteiger charge is -2.46. The van der Waals surface area contributed by atoms with Crippen LogP contribution >= 0.6 is 0 Å². The van der Waals surface area contributed by atoms with E-state index in [1.165, 1.54) is 0 Å². The summed E-state index contributed by atoms with van der Waals surface area (Å²) in [6, 6.07) is 0. The molecule has 2 heterocycles. The van der Waals surface area contributed by atoms with Gasteiger partial charge in [0.15, 0.2) is 12.6 Å². The van der Waals surface area contributed by atoms with Gasteiger partial charge < -0.3 is 54.7 Å². The van der Waals surface area contributed by atoms with Crippen molar-refractivity contribution >= 4 is 0 Å². The lowest BCUT2D eigenvalue weighted by atomic mass is 9.96. The maximum absolute atomic E-state index is 10.7. The molecule has 192 valence electrons. The van der Waals surface area contributed by atoms with Crippen molar-refractivity contribution in [2.75, 3.05) is 13.2 Å². The van der Waals surface area contributed by atoms with Crippen molar-refractivity contribution in [1.82, 2.24) is 0 Å². The van der Waals surface area contributed by atoms with Gasteiger partial charge in [0.25, 0.3) is 0 Å². The summed E-state index contributed by atoms with van der Waals surface area (Å²) in [5.41, 5.74) is -0.855. The van der Waals surface area contributed by atoms with Crippen LogP contribution in [0.5, 0.6) is 0 Å². The van der Waals surface area contributed by atoms with E-state index >= 15 is 0 Å². The van der Waals surface area contributed by atoms with Crippen LogP contribution in [-0.2, 0) is 18.9 Å². The van der Waals surface area contributed by atoms with Crippen LogP contribution in [0.2, 0.25) is 0 Å². The SMILES string of the molecule is C/C=C/CC/C=C/C(C)(C)OC1O[C@H](CO)[C@@H](OC2O[C@H](CO)[C@@H](O)[C@H](O)[C@H]2O)[C@H](O)[C@H]1O. The van der Waals surface area contributed by atoms with Gasteiger partial charge in [-0.15, -0.1) is 0 Å². The van der Waals surface area contributed by atoms with Gasteiger partial charge in [0.1, 0.15) is 48.8 Å². The van der Waals surface area contributed by atoms with Crippen LogP contribution in [0.25, 0.3) is 0 Å². The second kappa shape index (κ2) is 12.7. The van der Waals surface area contributed by atoms with Crippen molar-refractivity contribution in [3.63, 3.8) is 0 Å². The van der Waals surface area contributed by atoms with Crippen molar-refractivity contribution in [3.8, 4) is 0 Å². The number of allylic oxidation sites excluding steroid dienone is 3. The number of ether oxygens (including phenoxy) is 4. The van der Waals surface area contributed by atoms with Crippen LogP contribution in [0.4, 0.5) is 0 Å². The van der Waals surface area contributed by atoms with Crippen molar-refractivity contribution in [2.24, 2.45) is 0 Å². The summed E-state index contributed by atoms with van der Waals surface area (Å²) in [7, 11) is 0. The van der Waals surface area contributed by atoms with Crippen LogP contribution in [0.1, 0.15) is 33.6 Å². The molecule has 11 heteroatoms. The van der Waals surface area contributed by atoms with E-state index in [0.717, 1.165) is 12.8 Å². The first-order valence-electron chi connectivity index (χ1n) is 11.1. The van der Waals surface area contributed by atoms with Crippen molar-refractivity contribution in [2.45, 2.75) is 101 Å². The molecule has 0 saturated carbocycles. The molecule has 2 unspecified atom stereocenters. The van der Waals surface area contributed by atoms with E-state index in [0.29, 0.717) is 0 Å². The number of hydrogen-bond acceptors (Lipinski definition) is 11. The lowest BCUT2D eigenvalue weighted by Crippen LogP contribution is -2.65. The molecule has 2 saturated heterocycles. The van der Waals surface area contributed by atoms with E-state index in [2.05, 4.69) is 0 Å². The van der Waals surface area contributed by atoms with E-state index in [1.807, 2.05) is 31.2 Å². The Kier molecular flexibility index (Phi) is 10.8. The van der Waals surface area contributed by atoms with Gasteiger partial charge in [0.2, 0.25) is 0 Å². The van der Waals surface area contributed by atoms with Crippen molar-refractivity contribution in [1.29, 1.82) is 0 Å². The molecule has 11 nitrogen and oxygen atoms in total. The average molecular weight is 479 g/mol. The molecular weight excluding hydrogens is 440 g/mol. The fourth-order valence-corrected chi connectivity index (χ4v) is 3.72. The van der Waals surface area contributed by atoms with Gasteiger partial charge in [0, 0.05) is 0 Å². The molecule has 10 atom stereocenters. The first kappa shape index (κ1) is 28.3. The smallest absolute Gasteiger partial charge is 0.187 e. The molecule has 0 aliphatic carbocycles. The average Bonchev–Trinajstić information content (AvgIpc) is 2.78. The normalized spacial score (nSPS) is 40.7. The highest BCUT2D eigenvalue weighted by Crippen LogP contribution is 2.31. The molecule has 2 aliphatic rings. The maximum atomic E-state index is 10.7. The van der Waals surface area contributed by atoms with E-state index < -0.39 is 80.2 Å². The standard InChI is InChI=1S/C22H38O11/c1-4-5-6-7-8-9-22(2,3)33-21-18(29)16(27)19(13(11-24)31-21)32-20-17(28)15(26)14(25)12(10-23)30-20/h4-5,8-9,12-21,23-29H,6-7,10-11H2,1-3H3/b5-4+,9-8+/t12-,13-,14-,15+,16-,17-,18-,19-,20?,21?/m1/s1. The first-order valence-corrected chi connectivity index (χ1v) is 11.1. The molecule has 2 aliphatic heterocycles. The second-order valence-electron chi connectivity index (χ2n) is 8.77. The van der Waals surface area contributed by atoms with E-state index in [4.69, 9.17) is 18.9 Å². The third-order valence-electron chi connectivity index (χ3n) is 5.64. The molecule has 0 spiro atoms. The van der Waals surface area contributed by atoms with Gasteiger partial charge in [-0.3, -0.25) is 0 Å². The highest BCUT2D eigenvalue weighted by molar-refractivity contribution is 5.00. The third-order valence-corrected chi connectivity index (χ3v) is 5.64. The minimum Gasteiger partial charge on any atom is -0.394 e. The van der Waals surface area contributed by atoms with E-state index in [1.54, 1.807) is 13.8 Å². The fraction of sp³-hybridized carbons (Fsp3) is 0.818. The third kappa shape index (κ3) is 7.26. The van der Waals surface area contributed by atoms with Crippen LogP contribution in [-0.4, -0.2) is 116 Å². The number of unbranched alkanes of at least 4 members (excludes halogenated alkanes) is 1. The van der Waals surface area contributed by atoms with Crippen LogP contribution in [0.3, 0.4) is 0 Å². The largest absolute Gasteiger partial charge is 0.394 e. The molecule has 0 aromatic heterocycles. The number of aliphatic hydroxyl groups excluding tert-OH is 7. The highest BCUT2D eigenvalue weighted by Gasteiger charge is 2.51. The van der Waals surface area contributed by atoms with Crippen molar-refractivity contribution < 1.29 is 54.7 Å². The quantitative estimate of drug-likeness (QED) is 0.141. The Hall–Kier alpha value is -0.960. The number of rotatable bonds is 10. The predicted molar refractivity (Wildman–Crippen MR) is 115 cm³/mol. The summed E-state index contributed by atoms with van der Waals surface area (Å²) in [5, 5.41) is 70.4. The Morgan fingerprint density at radius 1 is 0.758 bits per heavy atom. The van der Waals surface area contributed by atoms with E-state index in [-0.39, 0.29) is 0 Å². The summed E-state index contributed by atoms with van der Waals surface area (Å²) in [4.78, 5) is 0. The minimum atomic E-state index is -1.72. The Balaban J connectivity index is 2.06. The number of hydrogen-bond donors (Lipinski definition) is 7. The highest BCUT2D eigenvalue weighted by atomic mass is 16.7. The summed E-state index contributed by atoms with van der Waals surface area (Å²) >= 11 is 0. The molecule has 33 heavy (non-hydrogen) atoms. The zero-order valence-electron chi connectivity index (χ0n) is 19.2. The molecule has 0 aromatic carbocycles. The molecule has 0 aromatic rings. The zero-order valence-corrected chi connectivity index (χ0v) is 19.2. The topological polar surface area (TPSA) is 179 Å². The van der Waals surface area contributed by atoms with Crippen LogP contribution in [0.15, 0.2) is 24.3 Å². The maximum Gasteiger partial charge on any atom is 0.187 e. The summed E-state index contributed by atoms with van der Waals surface area (Å²) in [5.74, 6) is 0. The van der Waals surface area contributed by atoms with Crippen LogP contribution < -0.4 is 0 Å². The Labute approximate surface area is 193 Å². The van der Waals surface area contributed by atoms with Crippen molar-refractivity contribution in [3.05, 3.63) is 24.3 Å². The molecule has 0 amide bonds. The zero-order chi connectivity index (χ0) is 24.8. The molecule has 2 rings (SSSR count). The van der Waals surface area contributed by atoms with Crippen LogP contribution in [0, 0.1) is 0 Å². The Bertz CT molecular complexity index is 636. The van der Waals surface area contributed by atoms with Gasteiger partial charge >= 0.3 is 0 Å². The van der Waals surface area contributed by atoms with Gasteiger partial charge in [-0.05, 0) is 33.6 Å². The van der Waals surface area contributed by atoms with E-state index in [9.17, 15) is 35.7 Å². The molecule has 0 bridgehead atoms. The summed E-state index contributed by atoms with van der Waals surface area (Å²) < 4.78 is 22.3. The second-order valence-corrected chi connectivity index (χ2v) is 8.77. The predicted octanol–water partition coefficient (Wildman–Crippen LogP) is -1.68. The summed E-state index contributed by atoms with van der Waals surface area (Å²) in [6.45, 7) is 4.17. The number of aliphatic hydroxyl groups is 7.